The monoisotopic (exact) mass is 279 g/mol. The highest BCUT2D eigenvalue weighted by Crippen LogP contribution is 2.28. The fourth-order valence-electron chi connectivity index (χ4n) is 2.01. The van der Waals surface area contributed by atoms with Gasteiger partial charge in [-0.1, -0.05) is 45.9 Å². The summed E-state index contributed by atoms with van der Waals surface area (Å²) in [7, 11) is 0. The van der Waals surface area contributed by atoms with E-state index in [0.29, 0.717) is 12.6 Å². The van der Waals surface area contributed by atoms with Crippen LogP contribution in [0.2, 0.25) is 0 Å². The lowest BCUT2D eigenvalue weighted by Gasteiger charge is -2.28. The largest absolute Gasteiger partial charge is 0.490 e. The molecule has 0 aliphatic carbocycles. The number of benzene rings is 1. The molecule has 0 aromatic heterocycles. The first kappa shape index (κ1) is 17.0. The molecule has 0 radical (unpaired) electrons. The molecule has 1 aromatic rings. The van der Waals surface area contributed by atoms with Crippen molar-refractivity contribution in [2.75, 3.05) is 13.2 Å². The van der Waals surface area contributed by atoms with Crippen molar-refractivity contribution in [2.24, 2.45) is 5.92 Å². The molecule has 2 atom stereocenters. The molecule has 3 heteroatoms. The van der Waals surface area contributed by atoms with Gasteiger partial charge >= 0.3 is 0 Å². The maximum Gasteiger partial charge on any atom is 0.124 e. The standard InChI is InChI=1S/C17H29NO2/c1-6-15(18-7-2)14-10-8-9-11-16(14)20-12-17(5,19)13(3)4/h8-11,13,15,18-19H,6-7,12H2,1-5H3. The SMILES string of the molecule is CCNC(CC)c1ccccc1OCC(C)(O)C(C)C. The molecule has 0 aliphatic rings. The number of hydrogen-bond donors (Lipinski definition) is 2. The highest BCUT2D eigenvalue weighted by Gasteiger charge is 2.26. The molecule has 0 amide bonds. The van der Waals surface area contributed by atoms with E-state index in [1.165, 1.54) is 0 Å². The fourth-order valence-corrected chi connectivity index (χ4v) is 2.01. The van der Waals surface area contributed by atoms with Gasteiger partial charge < -0.3 is 15.2 Å². The molecule has 0 heterocycles. The van der Waals surface area contributed by atoms with Gasteiger partial charge in [-0.25, -0.2) is 0 Å². The first-order valence-electron chi connectivity index (χ1n) is 7.59. The van der Waals surface area contributed by atoms with Gasteiger partial charge in [-0.15, -0.1) is 0 Å². The minimum atomic E-state index is -0.812. The van der Waals surface area contributed by atoms with Gasteiger partial charge in [0, 0.05) is 11.6 Å². The van der Waals surface area contributed by atoms with Crippen molar-refractivity contribution in [1.82, 2.24) is 5.32 Å². The van der Waals surface area contributed by atoms with Gasteiger partial charge in [0.1, 0.15) is 12.4 Å². The molecular weight excluding hydrogens is 250 g/mol. The number of para-hydroxylation sites is 1. The molecule has 0 bridgehead atoms. The second kappa shape index (κ2) is 7.65. The van der Waals surface area contributed by atoms with Crippen LogP contribution >= 0.6 is 0 Å². The lowest BCUT2D eigenvalue weighted by Crippen LogP contribution is -2.38. The Morgan fingerprint density at radius 3 is 2.45 bits per heavy atom. The zero-order valence-electron chi connectivity index (χ0n) is 13.4. The number of aliphatic hydroxyl groups is 1. The Morgan fingerprint density at radius 1 is 1.25 bits per heavy atom. The maximum atomic E-state index is 10.3. The van der Waals surface area contributed by atoms with Crippen LogP contribution in [0.25, 0.3) is 0 Å². The number of ether oxygens (including phenoxy) is 1. The minimum Gasteiger partial charge on any atom is -0.490 e. The van der Waals surface area contributed by atoms with Crippen molar-refractivity contribution in [3.8, 4) is 5.75 Å². The van der Waals surface area contributed by atoms with E-state index in [0.717, 1.165) is 24.3 Å². The van der Waals surface area contributed by atoms with Crippen LogP contribution < -0.4 is 10.1 Å². The Labute approximate surface area is 123 Å². The van der Waals surface area contributed by atoms with Crippen molar-refractivity contribution in [1.29, 1.82) is 0 Å². The van der Waals surface area contributed by atoms with Crippen molar-refractivity contribution in [2.45, 2.75) is 52.7 Å². The third kappa shape index (κ3) is 4.50. The molecule has 114 valence electrons. The summed E-state index contributed by atoms with van der Waals surface area (Å²) in [5, 5.41) is 13.8. The van der Waals surface area contributed by atoms with Crippen molar-refractivity contribution >= 4 is 0 Å². The first-order valence-corrected chi connectivity index (χ1v) is 7.59. The van der Waals surface area contributed by atoms with E-state index in [-0.39, 0.29) is 5.92 Å². The van der Waals surface area contributed by atoms with Crippen LogP contribution in [-0.4, -0.2) is 23.9 Å². The normalized spacial score (nSPS) is 15.9. The van der Waals surface area contributed by atoms with Gasteiger partial charge in [-0.05, 0) is 31.9 Å². The van der Waals surface area contributed by atoms with Gasteiger partial charge in [0.05, 0.1) is 5.60 Å². The van der Waals surface area contributed by atoms with E-state index in [4.69, 9.17) is 4.74 Å². The third-order valence-electron chi connectivity index (χ3n) is 3.92. The molecule has 1 rings (SSSR count). The summed E-state index contributed by atoms with van der Waals surface area (Å²) < 4.78 is 5.90. The van der Waals surface area contributed by atoms with Gasteiger partial charge in [-0.3, -0.25) is 0 Å². The predicted octanol–water partition coefficient (Wildman–Crippen LogP) is 3.53. The van der Waals surface area contributed by atoms with Crippen molar-refractivity contribution in [3.05, 3.63) is 29.8 Å². The van der Waals surface area contributed by atoms with Crippen LogP contribution in [0.1, 0.15) is 52.6 Å². The summed E-state index contributed by atoms with van der Waals surface area (Å²) in [6, 6.07) is 8.37. The Hall–Kier alpha value is -1.06. The summed E-state index contributed by atoms with van der Waals surface area (Å²) in [6.45, 7) is 11.3. The van der Waals surface area contributed by atoms with Gasteiger partial charge in [0.25, 0.3) is 0 Å². The summed E-state index contributed by atoms with van der Waals surface area (Å²) in [4.78, 5) is 0. The molecular formula is C17H29NO2. The predicted molar refractivity (Wildman–Crippen MR) is 84.1 cm³/mol. The number of rotatable bonds is 8. The molecule has 2 N–H and O–H groups in total. The zero-order valence-corrected chi connectivity index (χ0v) is 13.4. The van der Waals surface area contributed by atoms with E-state index in [1.54, 1.807) is 0 Å². The van der Waals surface area contributed by atoms with Crippen molar-refractivity contribution < 1.29 is 9.84 Å². The summed E-state index contributed by atoms with van der Waals surface area (Å²) >= 11 is 0. The summed E-state index contributed by atoms with van der Waals surface area (Å²) in [6.07, 6.45) is 1.01. The summed E-state index contributed by atoms with van der Waals surface area (Å²) in [5.41, 5.74) is 0.351. The van der Waals surface area contributed by atoms with E-state index >= 15 is 0 Å². The lowest BCUT2D eigenvalue weighted by atomic mass is 9.93. The van der Waals surface area contributed by atoms with Crippen LogP contribution in [0.4, 0.5) is 0 Å². The number of hydrogen-bond acceptors (Lipinski definition) is 3. The molecule has 0 saturated heterocycles. The molecule has 0 spiro atoms. The molecule has 0 saturated carbocycles. The Morgan fingerprint density at radius 2 is 1.90 bits per heavy atom. The lowest BCUT2D eigenvalue weighted by molar-refractivity contribution is -0.0269. The minimum absolute atomic E-state index is 0.158. The third-order valence-corrected chi connectivity index (χ3v) is 3.92. The number of nitrogens with one attached hydrogen (secondary N) is 1. The molecule has 1 aromatic carbocycles. The van der Waals surface area contributed by atoms with E-state index in [2.05, 4.69) is 25.2 Å². The topological polar surface area (TPSA) is 41.5 Å². The highest BCUT2D eigenvalue weighted by molar-refractivity contribution is 5.36. The quantitative estimate of drug-likeness (QED) is 0.765. The molecule has 3 nitrogen and oxygen atoms in total. The molecule has 2 unspecified atom stereocenters. The van der Waals surface area contributed by atoms with Gasteiger partial charge in [0.2, 0.25) is 0 Å². The van der Waals surface area contributed by atoms with Crippen LogP contribution in [0, 0.1) is 5.92 Å². The van der Waals surface area contributed by atoms with E-state index in [1.807, 2.05) is 39.0 Å². The van der Waals surface area contributed by atoms with Gasteiger partial charge in [-0.2, -0.15) is 0 Å². The van der Waals surface area contributed by atoms with Crippen LogP contribution in [0.3, 0.4) is 0 Å². The average Bonchev–Trinajstić information content (AvgIpc) is 2.43. The Bertz CT molecular complexity index is 402. The second-order valence-electron chi connectivity index (χ2n) is 5.86. The molecule has 0 fully saturated rings. The Balaban J connectivity index is 2.85. The Kier molecular flexibility index (Phi) is 6.50. The van der Waals surface area contributed by atoms with Crippen molar-refractivity contribution in [3.63, 3.8) is 0 Å². The second-order valence-corrected chi connectivity index (χ2v) is 5.86. The van der Waals surface area contributed by atoms with Crippen LogP contribution in [0.5, 0.6) is 5.75 Å². The zero-order chi connectivity index (χ0) is 15.2. The van der Waals surface area contributed by atoms with E-state index < -0.39 is 5.60 Å². The highest BCUT2D eigenvalue weighted by atomic mass is 16.5. The van der Waals surface area contributed by atoms with E-state index in [9.17, 15) is 5.11 Å². The van der Waals surface area contributed by atoms with Crippen LogP contribution in [0.15, 0.2) is 24.3 Å². The molecule has 20 heavy (non-hydrogen) atoms. The maximum absolute atomic E-state index is 10.3. The fraction of sp³-hybridized carbons (Fsp3) is 0.647. The summed E-state index contributed by atoms with van der Waals surface area (Å²) in [5.74, 6) is 1.02. The molecule has 0 aliphatic heterocycles. The smallest absolute Gasteiger partial charge is 0.124 e. The van der Waals surface area contributed by atoms with Gasteiger partial charge in [0.15, 0.2) is 0 Å². The average molecular weight is 279 g/mol. The first-order chi connectivity index (χ1) is 9.42. The van der Waals surface area contributed by atoms with Crippen LogP contribution in [-0.2, 0) is 0 Å².